The topological polar surface area (TPSA) is 37.3 Å². The van der Waals surface area contributed by atoms with Gasteiger partial charge in [0.2, 0.25) is 0 Å². The van der Waals surface area contributed by atoms with Crippen LogP contribution in [0.25, 0.3) is 0 Å². The number of hydrogen-bond donors (Lipinski definition) is 1. The van der Waals surface area contributed by atoms with E-state index in [0.29, 0.717) is 12.3 Å². The molecule has 1 N–H and O–H groups in total. The van der Waals surface area contributed by atoms with Crippen molar-refractivity contribution in [3.05, 3.63) is 12.7 Å². The van der Waals surface area contributed by atoms with Crippen LogP contribution in [0.15, 0.2) is 12.7 Å². The summed E-state index contributed by atoms with van der Waals surface area (Å²) in [4.78, 5) is 12.1. The standard InChI is InChI=1S/C14H24O2/c1-4-12(9-11(2)3)14(10-15)8-6-5-7-13(14)16/h4,11-12,15H,1,5-10H2,2-3H3/t12-,14+/m0/s1. The van der Waals surface area contributed by atoms with E-state index in [2.05, 4.69) is 20.4 Å². The Morgan fingerprint density at radius 1 is 1.50 bits per heavy atom. The van der Waals surface area contributed by atoms with Crippen LogP contribution in [0.4, 0.5) is 0 Å². The van der Waals surface area contributed by atoms with Crippen molar-refractivity contribution in [1.82, 2.24) is 0 Å². The SMILES string of the molecule is C=C[C@@H](CC(C)C)[C@]1(CO)CCCCC1=O. The van der Waals surface area contributed by atoms with E-state index in [9.17, 15) is 9.90 Å². The molecule has 0 aromatic heterocycles. The third-order valence-corrected chi connectivity index (χ3v) is 3.83. The Bertz CT molecular complexity index is 257. The number of hydrogen-bond acceptors (Lipinski definition) is 2. The van der Waals surface area contributed by atoms with Gasteiger partial charge in [0.1, 0.15) is 5.78 Å². The van der Waals surface area contributed by atoms with E-state index in [4.69, 9.17) is 0 Å². The van der Waals surface area contributed by atoms with Gasteiger partial charge in [0, 0.05) is 6.42 Å². The highest BCUT2D eigenvalue weighted by Crippen LogP contribution is 2.42. The number of aliphatic hydroxyl groups excluding tert-OH is 1. The van der Waals surface area contributed by atoms with E-state index >= 15 is 0 Å². The molecule has 1 aliphatic carbocycles. The van der Waals surface area contributed by atoms with Crippen molar-refractivity contribution in [2.24, 2.45) is 17.3 Å². The van der Waals surface area contributed by atoms with E-state index in [-0.39, 0.29) is 18.3 Å². The number of rotatable bonds is 5. The first kappa shape index (κ1) is 13.4. The van der Waals surface area contributed by atoms with Crippen LogP contribution >= 0.6 is 0 Å². The molecule has 2 atom stereocenters. The molecule has 0 heterocycles. The van der Waals surface area contributed by atoms with Gasteiger partial charge in [-0.2, -0.15) is 0 Å². The third-order valence-electron chi connectivity index (χ3n) is 3.83. The average Bonchev–Trinajstić information content (AvgIpc) is 2.27. The van der Waals surface area contributed by atoms with Gasteiger partial charge in [-0.3, -0.25) is 4.79 Å². The molecule has 1 aliphatic rings. The number of Topliss-reactive ketones (excluding diaryl/α,β-unsaturated/α-hetero) is 1. The van der Waals surface area contributed by atoms with Gasteiger partial charge in [-0.25, -0.2) is 0 Å². The van der Waals surface area contributed by atoms with Gasteiger partial charge in [-0.15, -0.1) is 6.58 Å². The molecule has 0 spiro atoms. The normalized spacial score (nSPS) is 28.1. The van der Waals surface area contributed by atoms with Gasteiger partial charge < -0.3 is 5.11 Å². The lowest BCUT2D eigenvalue weighted by Crippen LogP contribution is -2.44. The summed E-state index contributed by atoms with van der Waals surface area (Å²) in [6.45, 7) is 8.13. The van der Waals surface area contributed by atoms with Crippen molar-refractivity contribution >= 4 is 5.78 Å². The van der Waals surface area contributed by atoms with Crippen molar-refractivity contribution in [1.29, 1.82) is 0 Å². The second kappa shape index (κ2) is 5.62. The molecular formula is C14H24O2. The van der Waals surface area contributed by atoms with Crippen LogP contribution in [-0.4, -0.2) is 17.5 Å². The molecule has 0 amide bonds. The van der Waals surface area contributed by atoms with E-state index < -0.39 is 5.41 Å². The van der Waals surface area contributed by atoms with Crippen LogP contribution < -0.4 is 0 Å². The number of allylic oxidation sites excluding steroid dienone is 1. The predicted octanol–water partition coefficient (Wildman–Crippen LogP) is 2.96. The molecular weight excluding hydrogens is 200 g/mol. The van der Waals surface area contributed by atoms with Crippen LogP contribution in [0, 0.1) is 17.3 Å². The number of carbonyl (C=O) groups is 1. The highest BCUT2D eigenvalue weighted by atomic mass is 16.3. The molecule has 0 bridgehead atoms. The Kier molecular flexibility index (Phi) is 4.72. The Morgan fingerprint density at radius 3 is 2.62 bits per heavy atom. The smallest absolute Gasteiger partial charge is 0.141 e. The number of carbonyl (C=O) groups excluding carboxylic acids is 1. The van der Waals surface area contributed by atoms with Crippen molar-refractivity contribution in [2.45, 2.75) is 46.0 Å². The maximum absolute atomic E-state index is 12.1. The van der Waals surface area contributed by atoms with Crippen LogP contribution in [0.3, 0.4) is 0 Å². The van der Waals surface area contributed by atoms with E-state index in [1.165, 1.54) is 0 Å². The summed E-state index contributed by atoms with van der Waals surface area (Å²) in [6.07, 6.45) is 6.30. The van der Waals surface area contributed by atoms with Gasteiger partial charge >= 0.3 is 0 Å². The van der Waals surface area contributed by atoms with Gasteiger partial charge in [0.25, 0.3) is 0 Å². The molecule has 0 aliphatic heterocycles. The van der Waals surface area contributed by atoms with Crippen molar-refractivity contribution in [3.8, 4) is 0 Å². The van der Waals surface area contributed by atoms with Gasteiger partial charge in [0.05, 0.1) is 12.0 Å². The molecule has 1 fully saturated rings. The minimum atomic E-state index is -0.524. The quantitative estimate of drug-likeness (QED) is 0.729. The second-order valence-electron chi connectivity index (χ2n) is 5.42. The highest BCUT2D eigenvalue weighted by Gasteiger charge is 2.44. The van der Waals surface area contributed by atoms with Gasteiger partial charge in [0.15, 0.2) is 0 Å². The van der Waals surface area contributed by atoms with Crippen LogP contribution in [0.2, 0.25) is 0 Å². The number of aliphatic hydroxyl groups is 1. The summed E-state index contributed by atoms with van der Waals surface area (Å²) in [6, 6.07) is 0. The fourth-order valence-electron chi connectivity index (χ4n) is 2.85. The first-order valence-electron chi connectivity index (χ1n) is 6.33. The maximum atomic E-state index is 12.1. The Balaban J connectivity index is 2.90. The summed E-state index contributed by atoms with van der Waals surface area (Å²) >= 11 is 0. The Labute approximate surface area is 98.7 Å². The Morgan fingerprint density at radius 2 is 2.19 bits per heavy atom. The summed E-state index contributed by atoms with van der Waals surface area (Å²) in [5.41, 5.74) is -0.524. The van der Waals surface area contributed by atoms with Gasteiger partial charge in [-0.05, 0) is 31.1 Å². The monoisotopic (exact) mass is 224 g/mol. The first-order chi connectivity index (χ1) is 7.56. The summed E-state index contributed by atoms with van der Waals surface area (Å²) in [5, 5.41) is 9.66. The molecule has 1 rings (SSSR count). The lowest BCUT2D eigenvalue weighted by atomic mass is 9.63. The van der Waals surface area contributed by atoms with E-state index in [1.807, 2.05) is 6.08 Å². The van der Waals surface area contributed by atoms with Crippen LogP contribution in [0.5, 0.6) is 0 Å². The number of ketones is 1. The summed E-state index contributed by atoms with van der Waals surface area (Å²) < 4.78 is 0. The zero-order valence-corrected chi connectivity index (χ0v) is 10.5. The second-order valence-corrected chi connectivity index (χ2v) is 5.42. The van der Waals surface area contributed by atoms with Crippen molar-refractivity contribution in [3.63, 3.8) is 0 Å². The zero-order chi connectivity index (χ0) is 12.2. The molecule has 0 unspecified atom stereocenters. The maximum Gasteiger partial charge on any atom is 0.141 e. The fourth-order valence-corrected chi connectivity index (χ4v) is 2.85. The predicted molar refractivity (Wildman–Crippen MR) is 66.1 cm³/mol. The Hall–Kier alpha value is -0.630. The van der Waals surface area contributed by atoms with Crippen LogP contribution in [-0.2, 0) is 4.79 Å². The third kappa shape index (κ3) is 2.54. The summed E-state index contributed by atoms with van der Waals surface area (Å²) in [5.74, 6) is 0.901. The lowest BCUT2D eigenvalue weighted by Gasteiger charge is -2.40. The molecule has 16 heavy (non-hydrogen) atoms. The molecule has 0 aromatic rings. The van der Waals surface area contributed by atoms with E-state index in [0.717, 1.165) is 25.7 Å². The van der Waals surface area contributed by atoms with Crippen molar-refractivity contribution < 1.29 is 9.90 Å². The zero-order valence-electron chi connectivity index (χ0n) is 10.5. The van der Waals surface area contributed by atoms with Crippen molar-refractivity contribution in [2.75, 3.05) is 6.61 Å². The molecule has 2 heteroatoms. The minimum Gasteiger partial charge on any atom is -0.395 e. The molecule has 1 saturated carbocycles. The molecule has 2 nitrogen and oxygen atoms in total. The molecule has 92 valence electrons. The molecule has 0 aromatic carbocycles. The highest BCUT2D eigenvalue weighted by molar-refractivity contribution is 5.86. The summed E-state index contributed by atoms with van der Waals surface area (Å²) in [7, 11) is 0. The lowest BCUT2D eigenvalue weighted by molar-refractivity contribution is -0.137. The fraction of sp³-hybridized carbons (Fsp3) is 0.786. The average molecular weight is 224 g/mol. The van der Waals surface area contributed by atoms with Crippen LogP contribution in [0.1, 0.15) is 46.0 Å². The van der Waals surface area contributed by atoms with Gasteiger partial charge in [-0.1, -0.05) is 26.3 Å². The first-order valence-corrected chi connectivity index (χ1v) is 6.33. The molecule has 0 saturated heterocycles. The largest absolute Gasteiger partial charge is 0.395 e. The molecule has 0 radical (unpaired) electrons. The minimum absolute atomic E-state index is 0.0186. The van der Waals surface area contributed by atoms with E-state index in [1.54, 1.807) is 0 Å².